The molecule has 0 bridgehead atoms. The molecule has 0 radical (unpaired) electrons. The van der Waals surface area contributed by atoms with E-state index >= 15 is 0 Å². The van der Waals surface area contributed by atoms with Crippen molar-refractivity contribution in [3.05, 3.63) is 48.0 Å². The Bertz CT molecular complexity index is 570. The van der Waals surface area contributed by atoms with Crippen molar-refractivity contribution in [1.29, 1.82) is 0 Å². The summed E-state index contributed by atoms with van der Waals surface area (Å²) in [6.07, 6.45) is 3.83. The van der Waals surface area contributed by atoms with Crippen molar-refractivity contribution < 1.29 is 19.1 Å². The summed E-state index contributed by atoms with van der Waals surface area (Å²) >= 11 is 0. The van der Waals surface area contributed by atoms with Crippen LogP contribution in [0, 0.1) is 0 Å². The van der Waals surface area contributed by atoms with Gasteiger partial charge in [0.1, 0.15) is 5.60 Å². The van der Waals surface area contributed by atoms with E-state index in [4.69, 9.17) is 9.47 Å². The first-order chi connectivity index (χ1) is 10.9. The van der Waals surface area contributed by atoms with Gasteiger partial charge in [-0.15, -0.1) is 0 Å². The Hall–Kier alpha value is -2.10. The van der Waals surface area contributed by atoms with E-state index in [9.17, 15) is 9.59 Å². The molecule has 1 unspecified atom stereocenters. The second-order valence-electron chi connectivity index (χ2n) is 6.17. The molecular formula is C19H24O4. The molecule has 23 heavy (non-hydrogen) atoms. The first-order valence-electron chi connectivity index (χ1n) is 8.09. The van der Waals surface area contributed by atoms with Gasteiger partial charge in [-0.2, -0.15) is 0 Å². The van der Waals surface area contributed by atoms with Gasteiger partial charge in [-0.05, 0) is 45.1 Å². The van der Waals surface area contributed by atoms with Gasteiger partial charge in [0.15, 0.2) is 6.10 Å². The summed E-state index contributed by atoms with van der Waals surface area (Å²) in [4.78, 5) is 24.0. The lowest BCUT2D eigenvalue weighted by Gasteiger charge is -2.37. The number of carbonyl (C=O) groups excluding carboxylic acids is 2. The van der Waals surface area contributed by atoms with Crippen LogP contribution in [-0.4, -0.2) is 18.0 Å². The van der Waals surface area contributed by atoms with Gasteiger partial charge in [-0.1, -0.05) is 43.3 Å². The van der Waals surface area contributed by atoms with Crippen molar-refractivity contribution in [2.24, 2.45) is 0 Å². The first kappa shape index (κ1) is 17.3. The standard InChI is InChI=1S/C19H24O4/c1-14(2)17(20)22-15(3)18(21)23-19(12-8-5-9-13-19)16-10-6-4-7-11-16/h4,6-7,10-11,15H,1,5,8-9,12-13H2,2-3H3. The third-order valence-electron chi connectivity index (χ3n) is 4.22. The lowest BCUT2D eigenvalue weighted by Crippen LogP contribution is -2.39. The smallest absolute Gasteiger partial charge is 0.348 e. The Morgan fingerprint density at radius 1 is 1.13 bits per heavy atom. The number of hydrogen-bond acceptors (Lipinski definition) is 4. The maximum Gasteiger partial charge on any atom is 0.348 e. The fourth-order valence-corrected chi connectivity index (χ4v) is 2.90. The summed E-state index contributed by atoms with van der Waals surface area (Å²) in [5.74, 6) is -1.09. The van der Waals surface area contributed by atoms with E-state index in [0.717, 1.165) is 37.7 Å². The molecule has 1 aliphatic rings. The van der Waals surface area contributed by atoms with Crippen LogP contribution >= 0.6 is 0 Å². The van der Waals surface area contributed by atoms with E-state index in [2.05, 4.69) is 6.58 Å². The predicted molar refractivity (Wildman–Crippen MR) is 87.7 cm³/mol. The minimum absolute atomic E-state index is 0.264. The summed E-state index contributed by atoms with van der Waals surface area (Å²) < 4.78 is 10.9. The number of hydrogen-bond donors (Lipinski definition) is 0. The Labute approximate surface area is 137 Å². The van der Waals surface area contributed by atoms with Crippen LogP contribution in [-0.2, 0) is 24.7 Å². The number of carbonyl (C=O) groups is 2. The SMILES string of the molecule is C=C(C)C(=O)OC(C)C(=O)OC1(c2ccccc2)CCCCC1. The van der Waals surface area contributed by atoms with Crippen LogP contribution in [0.25, 0.3) is 0 Å². The molecule has 0 amide bonds. The molecule has 0 aliphatic heterocycles. The molecule has 1 fully saturated rings. The summed E-state index contributed by atoms with van der Waals surface area (Å²) in [5, 5.41) is 0. The van der Waals surface area contributed by atoms with E-state index in [0.29, 0.717) is 0 Å². The summed E-state index contributed by atoms with van der Waals surface area (Å²) in [6, 6.07) is 9.82. The predicted octanol–water partition coefficient (Wildman–Crippen LogP) is 3.90. The molecular weight excluding hydrogens is 292 g/mol. The van der Waals surface area contributed by atoms with Crippen LogP contribution in [0.1, 0.15) is 51.5 Å². The van der Waals surface area contributed by atoms with Gasteiger partial charge >= 0.3 is 11.9 Å². The molecule has 4 heteroatoms. The average Bonchev–Trinajstić information content (AvgIpc) is 2.56. The van der Waals surface area contributed by atoms with Crippen LogP contribution in [0.2, 0.25) is 0 Å². The van der Waals surface area contributed by atoms with Gasteiger partial charge in [0.2, 0.25) is 0 Å². The Morgan fingerprint density at radius 2 is 1.74 bits per heavy atom. The van der Waals surface area contributed by atoms with E-state index in [-0.39, 0.29) is 5.57 Å². The van der Waals surface area contributed by atoms with Crippen LogP contribution in [0.3, 0.4) is 0 Å². The normalized spacial score (nSPS) is 17.8. The molecule has 2 rings (SSSR count). The molecule has 1 saturated carbocycles. The van der Waals surface area contributed by atoms with Gasteiger partial charge in [0, 0.05) is 5.57 Å². The van der Waals surface area contributed by atoms with E-state index < -0.39 is 23.6 Å². The van der Waals surface area contributed by atoms with Crippen molar-refractivity contribution >= 4 is 11.9 Å². The Balaban J connectivity index is 2.13. The molecule has 0 aromatic heterocycles. The highest BCUT2D eigenvalue weighted by Gasteiger charge is 2.39. The summed E-state index contributed by atoms with van der Waals surface area (Å²) in [7, 11) is 0. The molecule has 0 heterocycles. The molecule has 4 nitrogen and oxygen atoms in total. The number of benzene rings is 1. The largest absolute Gasteiger partial charge is 0.451 e. The van der Waals surface area contributed by atoms with Crippen molar-refractivity contribution in [2.75, 3.05) is 0 Å². The van der Waals surface area contributed by atoms with Gasteiger partial charge in [-0.25, -0.2) is 9.59 Å². The third kappa shape index (κ3) is 4.21. The highest BCUT2D eigenvalue weighted by Crippen LogP contribution is 2.40. The van der Waals surface area contributed by atoms with Gasteiger partial charge in [-0.3, -0.25) is 0 Å². The lowest BCUT2D eigenvalue weighted by molar-refractivity contribution is -0.180. The molecule has 124 valence electrons. The Morgan fingerprint density at radius 3 is 2.30 bits per heavy atom. The highest BCUT2D eigenvalue weighted by atomic mass is 16.6. The zero-order valence-electron chi connectivity index (χ0n) is 13.8. The molecule has 1 aromatic carbocycles. The fourth-order valence-electron chi connectivity index (χ4n) is 2.90. The topological polar surface area (TPSA) is 52.6 Å². The average molecular weight is 316 g/mol. The van der Waals surface area contributed by atoms with Gasteiger partial charge in [0.25, 0.3) is 0 Å². The van der Waals surface area contributed by atoms with Crippen molar-refractivity contribution in [2.45, 2.75) is 57.7 Å². The summed E-state index contributed by atoms with van der Waals surface area (Å²) in [5.41, 5.74) is 0.659. The molecule has 1 aliphatic carbocycles. The van der Waals surface area contributed by atoms with E-state index in [1.807, 2.05) is 30.3 Å². The quantitative estimate of drug-likeness (QED) is 0.611. The lowest BCUT2D eigenvalue weighted by atomic mass is 9.79. The molecule has 0 N–H and O–H groups in total. The third-order valence-corrected chi connectivity index (χ3v) is 4.22. The van der Waals surface area contributed by atoms with Crippen molar-refractivity contribution in [3.8, 4) is 0 Å². The van der Waals surface area contributed by atoms with Crippen molar-refractivity contribution in [3.63, 3.8) is 0 Å². The molecule has 1 atom stereocenters. The van der Waals surface area contributed by atoms with Crippen LogP contribution in [0.5, 0.6) is 0 Å². The second kappa shape index (κ2) is 7.44. The second-order valence-corrected chi connectivity index (χ2v) is 6.17. The molecule has 0 spiro atoms. The summed E-state index contributed by atoms with van der Waals surface area (Å²) in [6.45, 7) is 6.60. The monoisotopic (exact) mass is 316 g/mol. The maximum atomic E-state index is 12.4. The van der Waals surface area contributed by atoms with Crippen LogP contribution in [0.4, 0.5) is 0 Å². The zero-order valence-corrected chi connectivity index (χ0v) is 13.8. The number of rotatable bonds is 5. The van der Waals surface area contributed by atoms with Gasteiger partial charge in [0.05, 0.1) is 0 Å². The minimum Gasteiger partial charge on any atom is -0.451 e. The number of ether oxygens (including phenoxy) is 2. The number of esters is 2. The van der Waals surface area contributed by atoms with Crippen LogP contribution < -0.4 is 0 Å². The van der Waals surface area contributed by atoms with Crippen molar-refractivity contribution in [1.82, 2.24) is 0 Å². The fraction of sp³-hybridized carbons (Fsp3) is 0.474. The van der Waals surface area contributed by atoms with Gasteiger partial charge < -0.3 is 9.47 Å². The van der Waals surface area contributed by atoms with E-state index in [1.165, 1.54) is 6.92 Å². The van der Waals surface area contributed by atoms with E-state index in [1.54, 1.807) is 6.92 Å². The first-order valence-corrected chi connectivity index (χ1v) is 8.09. The van der Waals surface area contributed by atoms with Crippen LogP contribution in [0.15, 0.2) is 42.5 Å². The Kier molecular flexibility index (Phi) is 5.59. The zero-order chi connectivity index (χ0) is 16.9. The molecule has 0 saturated heterocycles. The highest BCUT2D eigenvalue weighted by molar-refractivity contribution is 5.89. The maximum absolute atomic E-state index is 12.4. The minimum atomic E-state index is -0.943. The molecule has 1 aromatic rings.